The molecule has 0 aliphatic heterocycles. The van der Waals surface area contributed by atoms with Gasteiger partial charge >= 0.3 is 0 Å². The topological polar surface area (TPSA) is 55.5 Å². The number of nitrogens with two attached hydrogens (primary N) is 1. The first-order valence-electron chi connectivity index (χ1n) is 4.77. The van der Waals surface area contributed by atoms with E-state index in [2.05, 4.69) is 0 Å². The van der Waals surface area contributed by atoms with Crippen LogP contribution in [0, 0.1) is 0 Å². The minimum atomic E-state index is -0.370. The van der Waals surface area contributed by atoms with Crippen molar-refractivity contribution >= 4 is 12.4 Å². The molecule has 0 bridgehead atoms. The Morgan fingerprint density at radius 2 is 1.93 bits per heavy atom. The van der Waals surface area contributed by atoms with Crippen LogP contribution in [-0.4, -0.2) is 17.8 Å². The molecule has 0 fully saturated rings. The molecule has 1 atom stereocenters. The fourth-order valence-corrected chi connectivity index (χ4v) is 1.25. The molecule has 4 heteroatoms. The third-order valence-corrected chi connectivity index (χ3v) is 1.88. The predicted octanol–water partition coefficient (Wildman–Crippen LogP) is 1.89. The van der Waals surface area contributed by atoms with Gasteiger partial charge < -0.3 is 15.6 Å². The van der Waals surface area contributed by atoms with E-state index in [9.17, 15) is 0 Å². The maximum absolute atomic E-state index is 8.97. The predicted molar refractivity (Wildman–Crippen MR) is 63.5 cm³/mol. The van der Waals surface area contributed by atoms with E-state index >= 15 is 0 Å². The summed E-state index contributed by atoms with van der Waals surface area (Å²) < 4.78 is 5.58. The van der Waals surface area contributed by atoms with Crippen LogP contribution >= 0.6 is 12.4 Å². The third-order valence-electron chi connectivity index (χ3n) is 1.88. The van der Waals surface area contributed by atoms with Gasteiger partial charge in [-0.25, -0.2) is 0 Å². The quantitative estimate of drug-likeness (QED) is 0.832. The molecule has 0 spiro atoms. The Balaban J connectivity index is 0.00000196. The van der Waals surface area contributed by atoms with Crippen molar-refractivity contribution in [2.24, 2.45) is 5.73 Å². The maximum atomic E-state index is 8.97. The van der Waals surface area contributed by atoms with Gasteiger partial charge in [-0.3, -0.25) is 0 Å². The first kappa shape index (κ1) is 14.2. The van der Waals surface area contributed by atoms with Crippen molar-refractivity contribution in [1.82, 2.24) is 0 Å². The van der Waals surface area contributed by atoms with E-state index in [4.69, 9.17) is 15.6 Å². The first-order chi connectivity index (χ1) is 6.65. The number of aliphatic hydroxyl groups is 1. The molecule has 1 rings (SSSR count). The van der Waals surface area contributed by atoms with E-state index in [1.165, 1.54) is 0 Å². The van der Waals surface area contributed by atoms with Crippen LogP contribution in [0.5, 0.6) is 5.75 Å². The monoisotopic (exact) mass is 231 g/mol. The molecular weight excluding hydrogens is 214 g/mol. The number of rotatable bonds is 4. The molecule has 1 aromatic carbocycles. The summed E-state index contributed by atoms with van der Waals surface area (Å²) in [4.78, 5) is 0. The zero-order chi connectivity index (χ0) is 10.6. The number of para-hydroxylation sites is 1. The van der Waals surface area contributed by atoms with E-state index < -0.39 is 0 Å². The van der Waals surface area contributed by atoms with Crippen LogP contribution in [0.25, 0.3) is 0 Å². The molecule has 0 saturated carbocycles. The molecular formula is C11H18ClNO2. The van der Waals surface area contributed by atoms with Gasteiger partial charge in [-0.2, -0.15) is 0 Å². The second-order valence-corrected chi connectivity index (χ2v) is 3.49. The highest BCUT2D eigenvalue weighted by Gasteiger charge is 2.11. The van der Waals surface area contributed by atoms with Gasteiger partial charge in [0.15, 0.2) is 0 Å². The van der Waals surface area contributed by atoms with Crippen molar-refractivity contribution in [3.05, 3.63) is 29.8 Å². The summed E-state index contributed by atoms with van der Waals surface area (Å²) in [6.45, 7) is 3.85. The summed E-state index contributed by atoms with van der Waals surface area (Å²) >= 11 is 0. The summed E-state index contributed by atoms with van der Waals surface area (Å²) in [6, 6.07) is 7.15. The summed E-state index contributed by atoms with van der Waals surface area (Å²) in [5, 5.41) is 8.97. The Morgan fingerprint density at radius 3 is 2.47 bits per heavy atom. The number of hydrogen-bond acceptors (Lipinski definition) is 3. The Labute approximate surface area is 96.7 Å². The van der Waals surface area contributed by atoms with Gasteiger partial charge in [-0.15, -0.1) is 12.4 Å². The zero-order valence-corrected chi connectivity index (χ0v) is 9.83. The molecule has 0 unspecified atom stereocenters. The lowest BCUT2D eigenvalue weighted by molar-refractivity contribution is 0.229. The van der Waals surface area contributed by atoms with Crippen LogP contribution in [0.15, 0.2) is 24.3 Å². The first-order valence-corrected chi connectivity index (χ1v) is 4.77. The van der Waals surface area contributed by atoms with Crippen LogP contribution in [0.1, 0.15) is 25.5 Å². The van der Waals surface area contributed by atoms with E-state index in [-0.39, 0.29) is 31.2 Å². The fourth-order valence-electron chi connectivity index (χ4n) is 1.25. The summed E-state index contributed by atoms with van der Waals surface area (Å²) in [5.74, 6) is 0.754. The highest BCUT2D eigenvalue weighted by atomic mass is 35.5. The van der Waals surface area contributed by atoms with Crippen LogP contribution in [-0.2, 0) is 0 Å². The number of hydrogen-bond donors (Lipinski definition) is 2. The smallest absolute Gasteiger partial charge is 0.124 e. The highest BCUT2D eigenvalue weighted by Crippen LogP contribution is 2.24. The number of benzene rings is 1. The fraction of sp³-hybridized carbons (Fsp3) is 0.455. The molecule has 0 heterocycles. The Morgan fingerprint density at radius 1 is 1.33 bits per heavy atom. The van der Waals surface area contributed by atoms with Gasteiger partial charge in [0, 0.05) is 5.56 Å². The normalized spacial score (nSPS) is 12.1. The van der Waals surface area contributed by atoms with E-state index in [0.717, 1.165) is 11.3 Å². The van der Waals surface area contributed by atoms with Gasteiger partial charge in [-0.1, -0.05) is 18.2 Å². The zero-order valence-electron chi connectivity index (χ0n) is 9.01. The number of aliphatic hydroxyl groups excluding tert-OH is 1. The van der Waals surface area contributed by atoms with E-state index in [1.54, 1.807) is 0 Å². The molecule has 0 aliphatic carbocycles. The van der Waals surface area contributed by atoms with Crippen molar-refractivity contribution in [3.8, 4) is 5.75 Å². The van der Waals surface area contributed by atoms with Gasteiger partial charge in [0.25, 0.3) is 0 Å². The summed E-state index contributed by atoms with van der Waals surface area (Å²) in [6.07, 6.45) is 0.113. The standard InChI is InChI=1S/C11H17NO2.ClH/c1-8(2)14-11-6-4-3-5-9(11)10(12)7-13;/h3-6,8,10,13H,7,12H2,1-2H3;1H/t10-;/m0./s1. The molecule has 3 nitrogen and oxygen atoms in total. The second kappa shape index (κ2) is 6.67. The lowest BCUT2D eigenvalue weighted by atomic mass is 10.1. The summed E-state index contributed by atoms with van der Waals surface area (Å²) in [7, 11) is 0. The van der Waals surface area contributed by atoms with Gasteiger partial charge in [0.05, 0.1) is 18.8 Å². The van der Waals surface area contributed by atoms with Gasteiger partial charge in [0.2, 0.25) is 0 Å². The molecule has 0 radical (unpaired) electrons. The van der Waals surface area contributed by atoms with Crippen molar-refractivity contribution < 1.29 is 9.84 Å². The molecule has 0 aliphatic rings. The van der Waals surface area contributed by atoms with Crippen LogP contribution in [0.3, 0.4) is 0 Å². The van der Waals surface area contributed by atoms with E-state index in [1.807, 2.05) is 38.1 Å². The number of ether oxygens (including phenoxy) is 1. The van der Waals surface area contributed by atoms with Gasteiger partial charge in [0.1, 0.15) is 5.75 Å². The average Bonchev–Trinajstić information content (AvgIpc) is 2.16. The van der Waals surface area contributed by atoms with Crippen molar-refractivity contribution in [2.45, 2.75) is 26.0 Å². The van der Waals surface area contributed by atoms with Crippen molar-refractivity contribution in [2.75, 3.05) is 6.61 Å². The molecule has 0 amide bonds. The number of halogens is 1. The molecule has 3 N–H and O–H groups in total. The van der Waals surface area contributed by atoms with Crippen molar-refractivity contribution in [3.63, 3.8) is 0 Å². The molecule has 86 valence electrons. The van der Waals surface area contributed by atoms with Crippen LogP contribution in [0.4, 0.5) is 0 Å². The SMILES string of the molecule is CC(C)Oc1ccccc1[C@@H](N)CO.Cl. The lowest BCUT2D eigenvalue weighted by Gasteiger charge is -2.17. The maximum Gasteiger partial charge on any atom is 0.124 e. The molecule has 15 heavy (non-hydrogen) atoms. The van der Waals surface area contributed by atoms with Crippen LogP contribution in [0.2, 0.25) is 0 Å². The average molecular weight is 232 g/mol. The molecule has 0 aromatic heterocycles. The second-order valence-electron chi connectivity index (χ2n) is 3.49. The van der Waals surface area contributed by atoms with Crippen LogP contribution < -0.4 is 10.5 Å². The van der Waals surface area contributed by atoms with Crippen molar-refractivity contribution in [1.29, 1.82) is 0 Å². The Bertz CT molecular complexity index is 292. The Kier molecular flexibility index (Phi) is 6.32. The minimum absolute atomic E-state index is 0. The molecule has 0 saturated heterocycles. The Hall–Kier alpha value is -0.770. The highest BCUT2D eigenvalue weighted by molar-refractivity contribution is 5.85. The minimum Gasteiger partial charge on any atom is -0.491 e. The van der Waals surface area contributed by atoms with Gasteiger partial charge in [-0.05, 0) is 19.9 Å². The third kappa shape index (κ3) is 4.08. The summed E-state index contributed by atoms with van der Waals surface area (Å²) in [5.41, 5.74) is 6.59. The van der Waals surface area contributed by atoms with E-state index in [0.29, 0.717) is 0 Å². The lowest BCUT2D eigenvalue weighted by Crippen LogP contribution is -2.17. The largest absolute Gasteiger partial charge is 0.491 e. The molecule has 1 aromatic rings.